The molecule has 0 bridgehead atoms. The quantitative estimate of drug-likeness (QED) is 0.745. The van der Waals surface area contributed by atoms with E-state index in [-0.39, 0.29) is 16.7 Å². The van der Waals surface area contributed by atoms with Crippen LogP contribution >= 0.6 is 15.9 Å². The van der Waals surface area contributed by atoms with Gasteiger partial charge in [0.15, 0.2) is 0 Å². The minimum absolute atomic E-state index is 0.0149. The lowest BCUT2D eigenvalue weighted by Gasteiger charge is -2.17. The summed E-state index contributed by atoms with van der Waals surface area (Å²) >= 11 is 3.10. The van der Waals surface area contributed by atoms with E-state index < -0.39 is 23.7 Å². The summed E-state index contributed by atoms with van der Waals surface area (Å²) < 4.78 is 52.1. The summed E-state index contributed by atoms with van der Waals surface area (Å²) in [6, 6.07) is 7.13. The SMILES string of the molecule is Cc1cc(C(F)(F)F)ccc1C(O)c1ccc(Br)cc1F. The Morgan fingerprint density at radius 2 is 1.67 bits per heavy atom. The summed E-state index contributed by atoms with van der Waals surface area (Å²) in [5, 5.41) is 10.2. The second-order valence-corrected chi connectivity index (χ2v) is 5.55. The molecule has 2 aromatic carbocycles. The molecule has 0 spiro atoms. The lowest BCUT2D eigenvalue weighted by Crippen LogP contribution is -2.09. The molecule has 1 atom stereocenters. The topological polar surface area (TPSA) is 20.2 Å². The Bertz CT molecular complexity index is 667. The highest BCUT2D eigenvalue weighted by atomic mass is 79.9. The summed E-state index contributed by atoms with van der Waals surface area (Å²) in [5.74, 6) is -0.629. The van der Waals surface area contributed by atoms with Crippen molar-refractivity contribution in [2.24, 2.45) is 0 Å². The van der Waals surface area contributed by atoms with Crippen molar-refractivity contribution < 1.29 is 22.7 Å². The molecular formula is C15H11BrF4O. The number of alkyl halides is 3. The number of halogens is 5. The Labute approximate surface area is 127 Å². The van der Waals surface area contributed by atoms with Gasteiger partial charge in [0.2, 0.25) is 0 Å². The van der Waals surface area contributed by atoms with Crippen molar-refractivity contribution in [2.75, 3.05) is 0 Å². The number of hydrogen-bond donors (Lipinski definition) is 1. The van der Waals surface area contributed by atoms with Crippen molar-refractivity contribution >= 4 is 15.9 Å². The van der Waals surface area contributed by atoms with Crippen LogP contribution in [0.25, 0.3) is 0 Å². The normalized spacial score (nSPS) is 13.3. The monoisotopic (exact) mass is 362 g/mol. The molecule has 0 aliphatic rings. The zero-order chi connectivity index (χ0) is 15.8. The van der Waals surface area contributed by atoms with Crippen molar-refractivity contribution in [1.29, 1.82) is 0 Å². The van der Waals surface area contributed by atoms with Crippen molar-refractivity contribution in [3.63, 3.8) is 0 Å². The molecule has 2 rings (SSSR count). The summed E-state index contributed by atoms with van der Waals surface area (Å²) in [4.78, 5) is 0. The Hall–Kier alpha value is -1.40. The van der Waals surface area contributed by atoms with E-state index in [0.717, 1.165) is 12.1 Å². The zero-order valence-corrected chi connectivity index (χ0v) is 12.5. The lowest BCUT2D eigenvalue weighted by molar-refractivity contribution is -0.137. The van der Waals surface area contributed by atoms with Gasteiger partial charge < -0.3 is 5.11 Å². The predicted molar refractivity (Wildman–Crippen MR) is 74.3 cm³/mol. The average molecular weight is 363 g/mol. The van der Waals surface area contributed by atoms with Crippen LogP contribution in [-0.2, 0) is 6.18 Å². The minimum atomic E-state index is -4.45. The molecule has 0 fully saturated rings. The number of benzene rings is 2. The van der Waals surface area contributed by atoms with Gasteiger partial charge in [-0.2, -0.15) is 13.2 Å². The van der Waals surface area contributed by atoms with Crippen LogP contribution in [0.5, 0.6) is 0 Å². The Kier molecular flexibility index (Phi) is 4.39. The van der Waals surface area contributed by atoms with Crippen LogP contribution in [-0.4, -0.2) is 5.11 Å². The van der Waals surface area contributed by atoms with Crippen LogP contribution in [0.4, 0.5) is 17.6 Å². The van der Waals surface area contributed by atoms with E-state index in [2.05, 4.69) is 15.9 Å². The molecule has 1 N–H and O–H groups in total. The molecule has 0 heterocycles. The maximum absolute atomic E-state index is 13.8. The van der Waals surface area contributed by atoms with Crippen molar-refractivity contribution in [3.8, 4) is 0 Å². The van der Waals surface area contributed by atoms with Crippen LogP contribution in [0.15, 0.2) is 40.9 Å². The molecule has 21 heavy (non-hydrogen) atoms. The number of aliphatic hydroxyl groups excluding tert-OH is 1. The van der Waals surface area contributed by atoms with Gasteiger partial charge in [0, 0.05) is 10.0 Å². The third kappa shape index (κ3) is 3.44. The van der Waals surface area contributed by atoms with E-state index >= 15 is 0 Å². The summed E-state index contributed by atoms with van der Waals surface area (Å²) in [6.45, 7) is 1.45. The first-order valence-electron chi connectivity index (χ1n) is 6.01. The van der Waals surface area contributed by atoms with Gasteiger partial charge in [0.1, 0.15) is 11.9 Å². The van der Waals surface area contributed by atoms with Crippen molar-refractivity contribution in [3.05, 3.63) is 68.9 Å². The first-order chi connectivity index (χ1) is 9.70. The highest BCUT2D eigenvalue weighted by Crippen LogP contribution is 2.33. The van der Waals surface area contributed by atoms with Gasteiger partial charge in [0.25, 0.3) is 0 Å². The third-order valence-electron chi connectivity index (χ3n) is 3.15. The van der Waals surface area contributed by atoms with E-state index in [1.807, 2.05) is 0 Å². The fraction of sp³-hybridized carbons (Fsp3) is 0.200. The molecule has 0 saturated heterocycles. The molecule has 1 unspecified atom stereocenters. The molecule has 0 aliphatic heterocycles. The van der Waals surface area contributed by atoms with Gasteiger partial charge in [-0.15, -0.1) is 0 Å². The summed E-state index contributed by atoms with van der Waals surface area (Å²) in [6.07, 6.45) is -5.77. The van der Waals surface area contributed by atoms with Gasteiger partial charge >= 0.3 is 6.18 Å². The van der Waals surface area contributed by atoms with E-state index in [0.29, 0.717) is 4.47 Å². The molecule has 0 saturated carbocycles. The van der Waals surface area contributed by atoms with Gasteiger partial charge in [-0.05, 0) is 42.3 Å². The number of rotatable bonds is 2. The van der Waals surface area contributed by atoms with Crippen LogP contribution < -0.4 is 0 Å². The highest BCUT2D eigenvalue weighted by Gasteiger charge is 2.31. The number of aryl methyl sites for hydroxylation is 1. The Morgan fingerprint density at radius 1 is 1.05 bits per heavy atom. The second-order valence-electron chi connectivity index (χ2n) is 4.64. The standard InChI is InChI=1S/C15H11BrF4O/c1-8-6-9(15(18,19)20)2-4-11(8)14(21)12-5-3-10(16)7-13(12)17/h2-7,14,21H,1H3. The first kappa shape index (κ1) is 16.0. The highest BCUT2D eigenvalue weighted by molar-refractivity contribution is 9.10. The maximum atomic E-state index is 13.8. The molecular weight excluding hydrogens is 352 g/mol. The fourth-order valence-corrected chi connectivity index (χ4v) is 2.38. The van der Waals surface area contributed by atoms with E-state index in [1.165, 1.54) is 25.1 Å². The Morgan fingerprint density at radius 3 is 2.19 bits per heavy atom. The molecule has 2 aromatic rings. The first-order valence-corrected chi connectivity index (χ1v) is 6.80. The van der Waals surface area contributed by atoms with Crippen LogP contribution in [0, 0.1) is 12.7 Å². The van der Waals surface area contributed by atoms with Crippen LogP contribution in [0.3, 0.4) is 0 Å². The molecule has 0 amide bonds. The molecule has 0 aromatic heterocycles. The summed E-state index contributed by atoms with van der Waals surface area (Å²) in [5.41, 5.74) is -0.294. The van der Waals surface area contributed by atoms with Gasteiger partial charge in [-0.25, -0.2) is 4.39 Å². The number of hydrogen-bond acceptors (Lipinski definition) is 1. The smallest absolute Gasteiger partial charge is 0.384 e. The van der Waals surface area contributed by atoms with Crippen molar-refractivity contribution in [2.45, 2.75) is 19.2 Å². The van der Waals surface area contributed by atoms with Crippen LogP contribution in [0.1, 0.15) is 28.4 Å². The summed E-state index contributed by atoms with van der Waals surface area (Å²) in [7, 11) is 0. The minimum Gasteiger partial charge on any atom is -0.384 e. The van der Waals surface area contributed by atoms with Gasteiger partial charge in [-0.1, -0.05) is 28.1 Å². The fourth-order valence-electron chi connectivity index (χ4n) is 2.05. The lowest BCUT2D eigenvalue weighted by atomic mass is 9.95. The van der Waals surface area contributed by atoms with Crippen LogP contribution in [0.2, 0.25) is 0 Å². The molecule has 6 heteroatoms. The number of aliphatic hydroxyl groups is 1. The second kappa shape index (κ2) is 5.77. The van der Waals surface area contributed by atoms with Gasteiger partial charge in [-0.3, -0.25) is 0 Å². The third-order valence-corrected chi connectivity index (χ3v) is 3.64. The van der Waals surface area contributed by atoms with E-state index in [1.54, 1.807) is 6.07 Å². The van der Waals surface area contributed by atoms with E-state index in [4.69, 9.17) is 0 Å². The molecule has 112 valence electrons. The van der Waals surface area contributed by atoms with Crippen molar-refractivity contribution in [1.82, 2.24) is 0 Å². The zero-order valence-electron chi connectivity index (χ0n) is 10.9. The molecule has 1 nitrogen and oxygen atoms in total. The Balaban J connectivity index is 2.42. The predicted octanol–water partition coefficient (Wildman–Crippen LogP) is 5.00. The maximum Gasteiger partial charge on any atom is 0.416 e. The average Bonchev–Trinajstić information content (AvgIpc) is 2.36. The van der Waals surface area contributed by atoms with E-state index in [9.17, 15) is 22.7 Å². The largest absolute Gasteiger partial charge is 0.416 e. The molecule has 0 radical (unpaired) electrons. The molecule has 0 aliphatic carbocycles. The van der Waals surface area contributed by atoms with Gasteiger partial charge in [0.05, 0.1) is 5.56 Å².